The number of alkyl halides is 1. The monoisotopic (exact) mass is 294 g/mol. The standard InChI is InChI=1S/C6H4Br2N2O2/c7-2-4-1-5(10(11)12)6(8)9-3-4/h1,3H,2H2. The number of rotatable bonds is 2. The van der Waals surface area contributed by atoms with Crippen LogP contribution in [0.4, 0.5) is 5.69 Å². The summed E-state index contributed by atoms with van der Waals surface area (Å²) >= 11 is 6.18. The van der Waals surface area contributed by atoms with E-state index in [1.54, 1.807) is 6.20 Å². The van der Waals surface area contributed by atoms with Crippen LogP contribution in [-0.2, 0) is 5.33 Å². The summed E-state index contributed by atoms with van der Waals surface area (Å²) in [5, 5.41) is 11.0. The lowest BCUT2D eigenvalue weighted by atomic mass is 10.3. The lowest BCUT2D eigenvalue weighted by Crippen LogP contribution is -1.93. The Morgan fingerprint density at radius 1 is 1.67 bits per heavy atom. The Bertz CT molecular complexity index is 316. The second-order valence-electron chi connectivity index (χ2n) is 2.04. The fraction of sp³-hybridized carbons (Fsp3) is 0.167. The molecule has 0 aliphatic rings. The van der Waals surface area contributed by atoms with Crippen LogP contribution in [0.3, 0.4) is 0 Å². The van der Waals surface area contributed by atoms with Gasteiger partial charge in [-0.05, 0) is 21.5 Å². The van der Waals surface area contributed by atoms with E-state index in [0.29, 0.717) is 5.33 Å². The summed E-state index contributed by atoms with van der Waals surface area (Å²) in [5.41, 5.74) is 0.775. The highest BCUT2D eigenvalue weighted by atomic mass is 79.9. The second-order valence-corrected chi connectivity index (χ2v) is 3.36. The molecule has 0 saturated carbocycles. The maximum atomic E-state index is 10.4. The van der Waals surface area contributed by atoms with E-state index >= 15 is 0 Å². The summed E-state index contributed by atoms with van der Waals surface area (Å²) in [6, 6.07) is 1.48. The Hall–Kier alpha value is -0.490. The molecule has 0 aromatic carbocycles. The van der Waals surface area contributed by atoms with Crippen molar-refractivity contribution in [1.82, 2.24) is 4.98 Å². The minimum absolute atomic E-state index is 0.00745. The van der Waals surface area contributed by atoms with Crippen molar-refractivity contribution in [3.8, 4) is 0 Å². The molecule has 0 spiro atoms. The Morgan fingerprint density at radius 2 is 2.33 bits per heavy atom. The molecule has 0 radical (unpaired) electrons. The summed E-state index contributed by atoms with van der Waals surface area (Å²) in [7, 11) is 0. The van der Waals surface area contributed by atoms with Gasteiger partial charge in [0.05, 0.1) is 4.92 Å². The van der Waals surface area contributed by atoms with Crippen molar-refractivity contribution in [1.29, 1.82) is 0 Å². The average Bonchev–Trinajstić information content (AvgIpc) is 2.05. The first-order valence-electron chi connectivity index (χ1n) is 3.00. The Balaban J connectivity index is 3.17. The average molecular weight is 296 g/mol. The zero-order valence-corrected chi connectivity index (χ0v) is 9.00. The summed E-state index contributed by atoms with van der Waals surface area (Å²) < 4.78 is 0.261. The highest BCUT2D eigenvalue weighted by molar-refractivity contribution is 9.10. The first-order chi connectivity index (χ1) is 5.65. The van der Waals surface area contributed by atoms with E-state index in [4.69, 9.17) is 0 Å². The van der Waals surface area contributed by atoms with Crippen LogP contribution in [0.15, 0.2) is 16.9 Å². The van der Waals surface area contributed by atoms with Gasteiger partial charge in [-0.25, -0.2) is 4.98 Å². The van der Waals surface area contributed by atoms with Crippen LogP contribution < -0.4 is 0 Å². The molecule has 12 heavy (non-hydrogen) atoms. The first-order valence-corrected chi connectivity index (χ1v) is 4.91. The fourth-order valence-electron chi connectivity index (χ4n) is 0.679. The summed E-state index contributed by atoms with van der Waals surface area (Å²) in [6.07, 6.45) is 1.58. The minimum atomic E-state index is -0.469. The maximum absolute atomic E-state index is 10.4. The molecule has 4 nitrogen and oxygen atoms in total. The number of nitrogens with zero attached hydrogens (tertiary/aromatic N) is 2. The van der Waals surface area contributed by atoms with Crippen LogP contribution in [0.2, 0.25) is 0 Å². The number of nitro groups is 1. The number of halogens is 2. The van der Waals surface area contributed by atoms with E-state index < -0.39 is 4.92 Å². The molecule has 0 unspecified atom stereocenters. The van der Waals surface area contributed by atoms with Gasteiger partial charge in [0.2, 0.25) is 0 Å². The van der Waals surface area contributed by atoms with Crippen LogP contribution in [0.5, 0.6) is 0 Å². The third kappa shape index (κ3) is 2.01. The molecular formula is C6H4Br2N2O2. The number of hydrogen-bond acceptors (Lipinski definition) is 3. The summed E-state index contributed by atoms with van der Waals surface area (Å²) in [5.74, 6) is 0. The van der Waals surface area contributed by atoms with Crippen LogP contribution in [-0.4, -0.2) is 9.91 Å². The van der Waals surface area contributed by atoms with Gasteiger partial charge in [-0.2, -0.15) is 0 Å². The van der Waals surface area contributed by atoms with Crippen molar-refractivity contribution >= 4 is 37.5 Å². The number of aromatic nitrogens is 1. The zero-order valence-electron chi connectivity index (χ0n) is 5.83. The largest absolute Gasteiger partial charge is 0.302 e. The van der Waals surface area contributed by atoms with Gasteiger partial charge in [0.25, 0.3) is 0 Å². The predicted octanol–water partition coefficient (Wildman–Crippen LogP) is 2.65. The molecule has 6 heteroatoms. The molecule has 0 atom stereocenters. The van der Waals surface area contributed by atoms with Gasteiger partial charge >= 0.3 is 5.69 Å². The minimum Gasteiger partial charge on any atom is -0.258 e. The molecule has 1 aromatic heterocycles. The van der Waals surface area contributed by atoms with Gasteiger partial charge in [-0.3, -0.25) is 10.1 Å². The van der Waals surface area contributed by atoms with Crippen LogP contribution in [0.1, 0.15) is 5.56 Å². The molecule has 0 fully saturated rings. The normalized spacial score (nSPS) is 9.83. The highest BCUT2D eigenvalue weighted by Gasteiger charge is 2.12. The molecule has 0 aliphatic carbocycles. The lowest BCUT2D eigenvalue weighted by Gasteiger charge is -1.96. The van der Waals surface area contributed by atoms with Crippen molar-refractivity contribution in [3.63, 3.8) is 0 Å². The lowest BCUT2D eigenvalue weighted by molar-refractivity contribution is -0.386. The van der Waals surface area contributed by atoms with Crippen molar-refractivity contribution in [2.75, 3.05) is 0 Å². The van der Waals surface area contributed by atoms with Crippen molar-refractivity contribution in [2.45, 2.75) is 5.33 Å². The van der Waals surface area contributed by atoms with Crippen LogP contribution >= 0.6 is 31.9 Å². The van der Waals surface area contributed by atoms with Gasteiger partial charge in [-0.1, -0.05) is 15.9 Å². The molecule has 1 heterocycles. The fourth-order valence-corrected chi connectivity index (χ4v) is 1.35. The SMILES string of the molecule is O=[N+]([O-])c1cc(CBr)cnc1Br. The van der Waals surface area contributed by atoms with E-state index in [1.165, 1.54) is 6.07 Å². The molecular weight excluding hydrogens is 292 g/mol. The quantitative estimate of drug-likeness (QED) is 0.365. The molecule has 0 bridgehead atoms. The van der Waals surface area contributed by atoms with E-state index in [9.17, 15) is 10.1 Å². The maximum Gasteiger partial charge on any atom is 0.302 e. The number of pyridine rings is 1. The first kappa shape index (κ1) is 9.60. The Kier molecular flexibility index (Phi) is 3.16. The topological polar surface area (TPSA) is 56.0 Å². The zero-order chi connectivity index (χ0) is 9.14. The van der Waals surface area contributed by atoms with Crippen molar-refractivity contribution in [2.24, 2.45) is 0 Å². The summed E-state index contributed by atoms with van der Waals surface area (Å²) in [6.45, 7) is 0. The second kappa shape index (κ2) is 3.95. The molecule has 0 amide bonds. The molecule has 1 rings (SSSR count). The van der Waals surface area contributed by atoms with E-state index in [-0.39, 0.29) is 10.3 Å². The van der Waals surface area contributed by atoms with Crippen molar-refractivity contribution in [3.05, 3.63) is 32.5 Å². The van der Waals surface area contributed by atoms with Gasteiger partial charge < -0.3 is 0 Å². The molecule has 64 valence electrons. The third-order valence-electron chi connectivity index (χ3n) is 1.23. The smallest absolute Gasteiger partial charge is 0.258 e. The Morgan fingerprint density at radius 3 is 2.83 bits per heavy atom. The van der Waals surface area contributed by atoms with Crippen molar-refractivity contribution < 1.29 is 4.92 Å². The molecule has 0 aliphatic heterocycles. The van der Waals surface area contributed by atoms with Gasteiger partial charge in [0.15, 0.2) is 4.60 Å². The predicted molar refractivity (Wildman–Crippen MR) is 51.2 cm³/mol. The Labute approximate surface area is 85.4 Å². The third-order valence-corrected chi connectivity index (χ3v) is 2.49. The highest BCUT2D eigenvalue weighted by Crippen LogP contribution is 2.23. The summed E-state index contributed by atoms with van der Waals surface area (Å²) in [4.78, 5) is 13.8. The van der Waals surface area contributed by atoms with Gasteiger partial charge in [-0.15, -0.1) is 0 Å². The van der Waals surface area contributed by atoms with Crippen LogP contribution in [0, 0.1) is 10.1 Å². The van der Waals surface area contributed by atoms with E-state index in [0.717, 1.165) is 5.56 Å². The number of hydrogen-bond donors (Lipinski definition) is 0. The van der Waals surface area contributed by atoms with Gasteiger partial charge in [0, 0.05) is 17.6 Å². The van der Waals surface area contributed by atoms with Crippen LogP contribution in [0.25, 0.3) is 0 Å². The van der Waals surface area contributed by atoms with Gasteiger partial charge in [0.1, 0.15) is 0 Å². The molecule has 0 N–H and O–H groups in total. The molecule has 1 aromatic rings. The van der Waals surface area contributed by atoms with E-state index in [1.807, 2.05) is 0 Å². The van der Waals surface area contributed by atoms with E-state index in [2.05, 4.69) is 36.8 Å². The molecule has 0 saturated heterocycles.